The van der Waals surface area contributed by atoms with E-state index in [1.807, 2.05) is 6.07 Å². The molecule has 0 amide bonds. The van der Waals surface area contributed by atoms with Gasteiger partial charge in [0.05, 0.1) is 0 Å². The van der Waals surface area contributed by atoms with Crippen molar-refractivity contribution in [3.63, 3.8) is 0 Å². The molecule has 3 rings (SSSR count). The molecule has 2 fully saturated rings. The monoisotopic (exact) mass is 291 g/mol. The molecule has 1 aromatic carbocycles. The number of nitrogens with zero attached hydrogens (tertiary/aromatic N) is 2. The molecule has 1 aliphatic carbocycles. The van der Waals surface area contributed by atoms with Gasteiger partial charge < -0.3 is 15.1 Å². The molecular weight excluding hydrogens is 265 g/mol. The van der Waals surface area contributed by atoms with Crippen molar-refractivity contribution in [2.45, 2.75) is 38.3 Å². The molecule has 0 spiro atoms. The van der Waals surface area contributed by atoms with E-state index < -0.39 is 0 Å². The maximum Gasteiger partial charge on any atom is 0.123 e. The highest BCUT2D eigenvalue weighted by molar-refractivity contribution is 5.53. The van der Waals surface area contributed by atoms with Crippen molar-refractivity contribution in [2.24, 2.45) is 0 Å². The van der Waals surface area contributed by atoms with Gasteiger partial charge in [0, 0.05) is 38.4 Å². The number of likely N-dealkylation sites (N-methyl/N-ethyl adjacent to an activating group) is 1. The maximum atomic E-state index is 13.5. The molecule has 1 N–H and O–H groups in total. The Morgan fingerprint density at radius 2 is 2.05 bits per heavy atom. The van der Waals surface area contributed by atoms with Crippen molar-refractivity contribution < 1.29 is 4.39 Å². The Morgan fingerprint density at radius 1 is 1.29 bits per heavy atom. The quantitative estimate of drug-likeness (QED) is 0.833. The summed E-state index contributed by atoms with van der Waals surface area (Å²) in [5.74, 6) is -0.140. The lowest BCUT2D eigenvalue weighted by Gasteiger charge is -2.25. The molecule has 1 aliphatic heterocycles. The summed E-state index contributed by atoms with van der Waals surface area (Å²) < 4.78 is 13.5. The van der Waals surface area contributed by atoms with Crippen LogP contribution in [0, 0.1) is 5.82 Å². The number of hydrogen-bond acceptors (Lipinski definition) is 3. The van der Waals surface area contributed by atoms with E-state index in [4.69, 9.17) is 0 Å². The van der Waals surface area contributed by atoms with Gasteiger partial charge in [0.2, 0.25) is 0 Å². The van der Waals surface area contributed by atoms with Crippen LogP contribution in [0.3, 0.4) is 0 Å². The van der Waals surface area contributed by atoms with Gasteiger partial charge >= 0.3 is 0 Å². The lowest BCUT2D eigenvalue weighted by Crippen LogP contribution is -2.32. The number of benzene rings is 1. The minimum Gasteiger partial charge on any atom is -0.373 e. The van der Waals surface area contributed by atoms with Gasteiger partial charge in [-0.15, -0.1) is 0 Å². The van der Waals surface area contributed by atoms with Crippen LogP contribution in [0.2, 0.25) is 0 Å². The van der Waals surface area contributed by atoms with Crippen molar-refractivity contribution in [2.75, 3.05) is 38.1 Å². The molecule has 0 radical (unpaired) electrons. The molecule has 0 unspecified atom stereocenters. The van der Waals surface area contributed by atoms with Gasteiger partial charge in [0.15, 0.2) is 0 Å². The number of likely N-dealkylation sites (tertiary alicyclic amines) is 1. The van der Waals surface area contributed by atoms with Crippen LogP contribution in [0.1, 0.15) is 31.2 Å². The summed E-state index contributed by atoms with van der Waals surface area (Å²) in [4.78, 5) is 4.78. The fraction of sp³-hybridized carbons (Fsp3) is 0.647. The lowest BCUT2D eigenvalue weighted by molar-refractivity contribution is 0.346. The van der Waals surface area contributed by atoms with Crippen LogP contribution < -0.4 is 10.2 Å². The summed E-state index contributed by atoms with van der Waals surface area (Å²) in [6.07, 6.45) is 5.18. The SMILES string of the molecule is CN(CCN1CCCC1)c1ccc(F)cc1CNC1CC1. The first-order chi connectivity index (χ1) is 10.2. The Labute approximate surface area is 127 Å². The Kier molecular flexibility index (Phi) is 4.76. The zero-order valence-corrected chi connectivity index (χ0v) is 12.9. The third kappa shape index (κ3) is 4.17. The molecule has 1 saturated heterocycles. The molecule has 1 heterocycles. The standard InChI is InChI=1S/C17H26FN3/c1-20(10-11-21-8-2-3-9-21)17-7-4-15(18)12-14(17)13-19-16-5-6-16/h4,7,12,16,19H,2-3,5-6,8-11,13H2,1H3. The van der Waals surface area contributed by atoms with Crippen molar-refractivity contribution in [1.29, 1.82) is 0 Å². The van der Waals surface area contributed by atoms with Crippen LogP contribution >= 0.6 is 0 Å². The minimum absolute atomic E-state index is 0.140. The average Bonchev–Trinajstić information content (AvgIpc) is 3.16. The molecular formula is C17H26FN3. The van der Waals surface area contributed by atoms with E-state index in [0.29, 0.717) is 6.04 Å². The fourth-order valence-corrected chi connectivity index (χ4v) is 3.03. The van der Waals surface area contributed by atoms with Crippen molar-refractivity contribution >= 4 is 5.69 Å². The molecule has 0 aromatic heterocycles. The van der Waals surface area contributed by atoms with E-state index in [0.717, 1.165) is 30.9 Å². The first kappa shape index (κ1) is 14.8. The molecule has 21 heavy (non-hydrogen) atoms. The van der Waals surface area contributed by atoms with Crippen LogP contribution in [0.15, 0.2) is 18.2 Å². The predicted octanol–water partition coefficient (Wildman–Crippen LogP) is 2.61. The Balaban J connectivity index is 1.60. The van der Waals surface area contributed by atoms with Crippen LogP contribution in [-0.2, 0) is 6.54 Å². The van der Waals surface area contributed by atoms with Crippen LogP contribution in [0.5, 0.6) is 0 Å². The topological polar surface area (TPSA) is 18.5 Å². The zero-order chi connectivity index (χ0) is 14.7. The second-order valence-corrected chi connectivity index (χ2v) is 6.40. The predicted molar refractivity (Wildman–Crippen MR) is 85.2 cm³/mol. The van der Waals surface area contributed by atoms with Crippen LogP contribution in [0.4, 0.5) is 10.1 Å². The van der Waals surface area contributed by atoms with Gasteiger partial charge in [-0.2, -0.15) is 0 Å². The second kappa shape index (κ2) is 6.75. The highest BCUT2D eigenvalue weighted by Crippen LogP contribution is 2.24. The zero-order valence-electron chi connectivity index (χ0n) is 12.9. The first-order valence-corrected chi connectivity index (χ1v) is 8.18. The first-order valence-electron chi connectivity index (χ1n) is 8.18. The van der Waals surface area contributed by atoms with E-state index in [-0.39, 0.29) is 5.82 Å². The van der Waals surface area contributed by atoms with Gasteiger partial charge in [-0.1, -0.05) is 0 Å². The Bertz CT molecular complexity index is 467. The summed E-state index contributed by atoms with van der Waals surface area (Å²) in [6, 6.07) is 5.82. The number of hydrogen-bond donors (Lipinski definition) is 1. The Morgan fingerprint density at radius 3 is 2.76 bits per heavy atom. The molecule has 0 atom stereocenters. The largest absolute Gasteiger partial charge is 0.373 e. The van der Waals surface area contributed by atoms with Crippen molar-refractivity contribution in [3.05, 3.63) is 29.6 Å². The molecule has 116 valence electrons. The summed E-state index contributed by atoms with van der Waals surface area (Å²) in [5.41, 5.74) is 2.23. The molecule has 1 saturated carbocycles. The molecule has 1 aromatic rings. The molecule has 3 nitrogen and oxygen atoms in total. The van der Waals surface area contributed by atoms with E-state index in [2.05, 4.69) is 22.2 Å². The smallest absolute Gasteiger partial charge is 0.123 e. The third-order valence-corrected chi connectivity index (χ3v) is 4.56. The summed E-state index contributed by atoms with van der Waals surface area (Å²) in [6.45, 7) is 5.33. The average molecular weight is 291 g/mol. The number of rotatable bonds is 7. The summed E-state index contributed by atoms with van der Waals surface area (Å²) in [5, 5.41) is 3.49. The second-order valence-electron chi connectivity index (χ2n) is 6.40. The van der Waals surface area contributed by atoms with E-state index >= 15 is 0 Å². The van der Waals surface area contributed by atoms with E-state index in [1.165, 1.54) is 38.8 Å². The van der Waals surface area contributed by atoms with Crippen LogP contribution in [0.25, 0.3) is 0 Å². The summed E-state index contributed by atoms with van der Waals surface area (Å²) >= 11 is 0. The van der Waals surface area contributed by atoms with Crippen molar-refractivity contribution in [1.82, 2.24) is 10.2 Å². The number of nitrogens with one attached hydrogen (secondary N) is 1. The lowest BCUT2D eigenvalue weighted by atomic mass is 10.1. The molecule has 0 bridgehead atoms. The van der Waals surface area contributed by atoms with Gasteiger partial charge in [-0.3, -0.25) is 0 Å². The van der Waals surface area contributed by atoms with E-state index in [9.17, 15) is 4.39 Å². The molecule has 4 heteroatoms. The van der Waals surface area contributed by atoms with Crippen LogP contribution in [-0.4, -0.2) is 44.2 Å². The normalized spacial score (nSPS) is 19.1. The fourth-order valence-electron chi connectivity index (χ4n) is 3.03. The van der Waals surface area contributed by atoms with Gasteiger partial charge in [0.1, 0.15) is 5.82 Å². The number of halogens is 1. The van der Waals surface area contributed by atoms with Gasteiger partial charge in [-0.05, 0) is 62.5 Å². The molecule has 2 aliphatic rings. The highest BCUT2D eigenvalue weighted by atomic mass is 19.1. The van der Waals surface area contributed by atoms with E-state index in [1.54, 1.807) is 12.1 Å². The Hall–Kier alpha value is -1.13. The third-order valence-electron chi connectivity index (χ3n) is 4.56. The minimum atomic E-state index is -0.140. The maximum absolute atomic E-state index is 13.5. The van der Waals surface area contributed by atoms with Gasteiger partial charge in [-0.25, -0.2) is 4.39 Å². The highest BCUT2D eigenvalue weighted by Gasteiger charge is 2.21. The van der Waals surface area contributed by atoms with Gasteiger partial charge in [0.25, 0.3) is 0 Å². The summed E-state index contributed by atoms with van der Waals surface area (Å²) in [7, 11) is 2.12. The van der Waals surface area contributed by atoms with Crippen molar-refractivity contribution in [3.8, 4) is 0 Å². The number of anilines is 1.